The van der Waals surface area contributed by atoms with Crippen molar-refractivity contribution in [3.63, 3.8) is 0 Å². The van der Waals surface area contributed by atoms with Gasteiger partial charge in [0.2, 0.25) is 0 Å². The summed E-state index contributed by atoms with van der Waals surface area (Å²) in [5.74, 6) is -1.07. The second-order valence-corrected chi connectivity index (χ2v) is 4.64. The third kappa shape index (κ3) is 3.67. The number of carbonyl (C=O) groups excluding carboxylic acids is 1. The predicted molar refractivity (Wildman–Crippen MR) is 70.4 cm³/mol. The minimum atomic E-state index is -1.07. The molecule has 1 unspecified atom stereocenters. The van der Waals surface area contributed by atoms with Gasteiger partial charge in [-0.3, -0.25) is 0 Å². The Morgan fingerprint density at radius 1 is 1.55 bits per heavy atom. The first-order valence-electron chi connectivity index (χ1n) is 6.39. The zero-order valence-corrected chi connectivity index (χ0v) is 11.2. The molecule has 7 nitrogen and oxygen atoms in total. The highest BCUT2D eigenvalue weighted by atomic mass is 16.5. The van der Waals surface area contributed by atoms with E-state index < -0.39 is 5.97 Å². The van der Waals surface area contributed by atoms with Crippen molar-refractivity contribution in [2.75, 3.05) is 19.7 Å². The molecule has 1 fully saturated rings. The first-order chi connectivity index (χ1) is 9.56. The number of ether oxygens (including phenoxy) is 1. The van der Waals surface area contributed by atoms with Gasteiger partial charge in [0.1, 0.15) is 5.69 Å². The Balaban J connectivity index is 1.85. The van der Waals surface area contributed by atoms with Crippen LogP contribution in [0.4, 0.5) is 4.79 Å². The van der Waals surface area contributed by atoms with Crippen molar-refractivity contribution in [1.82, 2.24) is 15.2 Å². The Kier molecular flexibility index (Phi) is 4.52. The van der Waals surface area contributed by atoms with Crippen molar-refractivity contribution >= 4 is 12.0 Å². The highest BCUT2D eigenvalue weighted by Gasteiger charge is 2.20. The van der Waals surface area contributed by atoms with Gasteiger partial charge < -0.3 is 20.1 Å². The summed E-state index contributed by atoms with van der Waals surface area (Å²) in [5.41, 5.74) is 0.742. The van der Waals surface area contributed by atoms with Crippen LogP contribution in [0.5, 0.6) is 0 Å². The van der Waals surface area contributed by atoms with Gasteiger partial charge >= 0.3 is 12.0 Å². The maximum atomic E-state index is 11.9. The fourth-order valence-electron chi connectivity index (χ4n) is 1.95. The van der Waals surface area contributed by atoms with Crippen molar-refractivity contribution in [3.8, 4) is 0 Å². The number of nitrogens with zero attached hydrogens (tertiary/aromatic N) is 2. The van der Waals surface area contributed by atoms with E-state index in [2.05, 4.69) is 10.3 Å². The van der Waals surface area contributed by atoms with Crippen LogP contribution < -0.4 is 5.32 Å². The molecule has 0 aromatic carbocycles. The molecule has 1 saturated heterocycles. The molecule has 0 bridgehead atoms. The van der Waals surface area contributed by atoms with E-state index in [1.54, 1.807) is 11.0 Å². The number of hydrogen-bond donors (Lipinski definition) is 2. The number of aromatic nitrogens is 1. The smallest absolute Gasteiger partial charge is 0.354 e. The maximum absolute atomic E-state index is 11.9. The Hall–Kier alpha value is -2.15. The number of pyridine rings is 1. The largest absolute Gasteiger partial charge is 0.477 e. The molecule has 1 aliphatic rings. The van der Waals surface area contributed by atoms with Gasteiger partial charge in [-0.05, 0) is 18.6 Å². The lowest BCUT2D eigenvalue weighted by Crippen LogP contribution is -2.48. The van der Waals surface area contributed by atoms with Gasteiger partial charge in [0.05, 0.1) is 12.7 Å². The number of carboxylic acid groups (broad SMARTS) is 1. The standard InChI is InChI=1S/C13H17N3O4/c1-9-8-16(4-5-20-9)13(19)15-7-10-2-3-11(12(17)18)14-6-10/h2-3,6,9H,4-5,7-8H2,1H3,(H,15,19)(H,17,18). The first kappa shape index (κ1) is 14.3. The Labute approximate surface area is 116 Å². The quantitative estimate of drug-likeness (QED) is 0.850. The summed E-state index contributed by atoms with van der Waals surface area (Å²) in [6.45, 7) is 3.93. The molecule has 2 N–H and O–H groups in total. The molecule has 0 radical (unpaired) electrons. The molecular weight excluding hydrogens is 262 g/mol. The number of nitrogens with one attached hydrogen (secondary N) is 1. The Morgan fingerprint density at radius 3 is 2.95 bits per heavy atom. The van der Waals surface area contributed by atoms with Crippen LogP contribution in [0.25, 0.3) is 0 Å². The van der Waals surface area contributed by atoms with E-state index >= 15 is 0 Å². The summed E-state index contributed by atoms with van der Waals surface area (Å²) in [6, 6.07) is 2.90. The number of aromatic carboxylic acids is 1. The summed E-state index contributed by atoms with van der Waals surface area (Å²) in [4.78, 5) is 28.1. The zero-order chi connectivity index (χ0) is 14.5. The molecular formula is C13H17N3O4. The van der Waals surface area contributed by atoms with Crippen LogP contribution in [0.2, 0.25) is 0 Å². The Morgan fingerprint density at radius 2 is 2.35 bits per heavy atom. The van der Waals surface area contributed by atoms with E-state index in [1.165, 1.54) is 12.3 Å². The lowest BCUT2D eigenvalue weighted by atomic mass is 10.2. The van der Waals surface area contributed by atoms with E-state index in [4.69, 9.17) is 9.84 Å². The van der Waals surface area contributed by atoms with E-state index in [9.17, 15) is 9.59 Å². The molecule has 7 heteroatoms. The lowest BCUT2D eigenvalue weighted by Gasteiger charge is -2.31. The summed E-state index contributed by atoms with van der Waals surface area (Å²) in [6.07, 6.45) is 1.50. The van der Waals surface area contributed by atoms with Crippen molar-refractivity contribution in [3.05, 3.63) is 29.6 Å². The second-order valence-electron chi connectivity index (χ2n) is 4.64. The topological polar surface area (TPSA) is 91.8 Å². The molecule has 1 aromatic heterocycles. The van der Waals surface area contributed by atoms with E-state index in [-0.39, 0.29) is 17.8 Å². The molecule has 2 amide bonds. The number of morpholine rings is 1. The third-order valence-corrected chi connectivity index (χ3v) is 3.02. The summed E-state index contributed by atoms with van der Waals surface area (Å²) < 4.78 is 5.37. The number of amides is 2. The van der Waals surface area contributed by atoms with Crippen molar-refractivity contribution in [2.45, 2.75) is 19.6 Å². The van der Waals surface area contributed by atoms with Gasteiger partial charge in [0, 0.05) is 25.8 Å². The van der Waals surface area contributed by atoms with Crippen molar-refractivity contribution in [2.24, 2.45) is 0 Å². The van der Waals surface area contributed by atoms with Crippen LogP contribution >= 0.6 is 0 Å². The van der Waals surface area contributed by atoms with Crippen LogP contribution in [-0.2, 0) is 11.3 Å². The second kappa shape index (κ2) is 6.33. The normalized spacial score (nSPS) is 18.6. The van der Waals surface area contributed by atoms with Crippen LogP contribution in [0.15, 0.2) is 18.3 Å². The van der Waals surface area contributed by atoms with Gasteiger partial charge in [-0.25, -0.2) is 14.6 Å². The fourth-order valence-corrected chi connectivity index (χ4v) is 1.95. The van der Waals surface area contributed by atoms with Crippen LogP contribution in [0.3, 0.4) is 0 Å². The average Bonchev–Trinajstić information content (AvgIpc) is 2.45. The molecule has 108 valence electrons. The van der Waals surface area contributed by atoms with Gasteiger partial charge in [0.25, 0.3) is 0 Å². The molecule has 1 aromatic rings. The number of rotatable bonds is 3. The van der Waals surface area contributed by atoms with Gasteiger partial charge in [0.15, 0.2) is 0 Å². The molecule has 0 spiro atoms. The minimum Gasteiger partial charge on any atom is -0.477 e. The molecule has 1 atom stereocenters. The van der Waals surface area contributed by atoms with E-state index in [0.29, 0.717) is 26.2 Å². The van der Waals surface area contributed by atoms with E-state index in [0.717, 1.165) is 5.56 Å². The van der Waals surface area contributed by atoms with Crippen molar-refractivity contribution < 1.29 is 19.4 Å². The zero-order valence-electron chi connectivity index (χ0n) is 11.2. The summed E-state index contributed by atoms with van der Waals surface area (Å²) in [7, 11) is 0. The lowest BCUT2D eigenvalue weighted by molar-refractivity contribution is -0.00351. The molecule has 1 aliphatic heterocycles. The highest BCUT2D eigenvalue weighted by molar-refractivity contribution is 5.85. The van der Waals surface area contributed by atoms with Gasteiger partial charge in [-0.2, -0.15) is 0 Å². The van der Waals surface area contributed by atoms with Gasteiger partial charge in [-0.15, -0.1) is 0 Å². The molecule has 2 heterocycles. The predicted octanol–water partition coefficient (Wildman–Crippen LogP) is 0.710. The van der Waals surface area contributed by atoms with Crippen LogP contribution in [0.1, 0.15) is 23.0 Å². The summed E-state index contributed by atoms with van der Waals surface area (Å²) in [5, 5.41) is 11.5. The number of hydrogen-bond acceptors (Lipinski definition) is 4. The monoisotopic (exact) mass is 279 g/mol. The molecule has 20 heavy (non-hydrogen) atoms. The number of urea groups is 1. The molecule has 0 aliphatic carbocycles. The number of carboxylic acids is 1. The summed E-state index contributed by atoms with van der Waals surface area (Å²) >= 11 is 0. The average molecular weight is 279 g/mol. The molecule has 0 saturated carbocycles. The van der Waals surface area contributed by atoms with Crippen molar-refractivity contribution in [1.29, 1.82) is 0 Å². The maximum Gasteiger partial charge on any atom is 0.354 e. The number of carbonyl (C=O) groups is 2. The highest BCUT2D eigenvalue weighted by Crippen LogP contribution is 2.05. The fraction of sp³-hybridized carbons (Fsp3) is 0.462. The first-order valence-corrected chi connectivity index (χ1v) is 6.39. The van der Waals surface area contributed by atoms with Gasteiger partial charge in [-0.1, -0.05) is 6.07 Å². The Bertz CT molecular complexity index is 489. The van der Waals surface area contributed by atoms with Crippen LogP contribution in [-0.4, -0.2) is 52.8 Å². The van der Waals surface area contributed by atoms with Crippen LogP contribution in [0, 0.1) is 0 Å². The van der Waals surface area contributed by atoms with E-state index in [1.807, 2.05) is 6.92 Å². The molecule has 2 rings (SSSR count). The third-order valence-electron chi connectivity index (χ3n) is 3.02. The SMILES string of the molecule is CC1CN(C(=O)NCc2ccc(C(=O)O)nc2)CCO1. The minimum absolute atomic E-state index is 0.0120.